The number of pyridine rings is 1. The number of nitrogens with zero attached hydrogens (tertiary/aromatic N) is 5. The Labute approximate surface area is 114 Å². The molecule has 6 heteroatoms. The van der Waals surface area contributed by atoms with Crippen molar-refractivity contribution in [3.63, 3.8) is 0 Å². The smallest absolute Gasteiger partial charge is 0.158 e. The maximum absolute atomic E-state index is 4.39. The zero-order valence-electron chi connectivity index (χ0n) is 10.6. The Morgan fingerprint density at radius 2 is 2.15 bits per heavy atom. The summed E-state index contributed by atoms with van der Waals surface area (Å²) < 4.78 is 3.97. The van der Waals surface area contributed by atoms with Crippen LogP contribution < -0.4 is 0 Å². The van der Waals surface area contributed by atoms with E-state index >= 15 is 0 Å². The van der Waals surface area contributed by atoms with E-state index in [1.54, 1.807) is 18.7 Å². The molecule has 0 fully saturated rings. The van der Waals surface area contributed by atoms with E-state index < -0.39 is 0 Å². The molecule has 0 saturated carbocycles. The summed E-state index contributed by atoms with van der Waals surface area (Å²) in [7, 11) is 0. The number of aromatic amines is 1. The van der Waals surface area contributed by atoms with Crippen molar-refractivity contribution in [3.8, 4) is 11.5 Å². The third-order valence-corrected chi connectivity index (χ3v) is 3.32. The molecule has 0 aromatic carbocycles. The van der Waals surface area contributed by atoms with Crippen LogP contribution in [0.15, 0.2) is 55.5 Å². The Hall–Kier alpha value is -2.89. The molecule has 0 saturated heterocycles. The van der Waals surface area contributed by atoms with Crippen molar-refractivity contribution in [2.45, 2.75) is 6.54 Å². The minimum absolute atomic E-state index is 0.740. The van der Waals surface area contributed by atoms with Crippen molar-refractivity contribution in [1.82, 2.24) is 29.1 Å². The van der Waals surface area contributed by atoms with Crippen molar-refractivity contribution in [1.29, 1.82) is 0 Å². The summed E-state index contributed by atoms with van der Waals surface area (Å²) in [5.74, 6) is 0.879. The molecule has 0 radical (unpaired) electrons. The topological polar surface area (TPSA) is 63.8 Å². The van der Waals surface area contributed by atoms with Gasteiger partial charge in [0.05, 0.1) is 24.6 Å². The molecular formula is C14H12N6. The van der Waals surface area contributed by atoms with Crippen molar-refractivity contribution >= 4 is 5.52 Å². The van der Waals surface area contributed by atoms with Crippen molar-refractivity contribution in [2.24, 2.45) is 0 Å². The fourth-order valence-corrected chi connectivity index (χ4v) is 2.39. The maximum atomic E-state index is 4.39. The van der Waals surface area contributed by atoms with Gasteiger partial charge in [-0.3, -0.25) is 0 Å². The Morgan fingerprint density at radius 3 is 3.05 bits per heavy atom. The Kier molecular flexibility index (Phi) is 2.38. The fourth-order valence-electron chi connectivity index (χ4n) is 2.39. The summed E-state index contributed by atoms with van der Waals surface area (Å²) >= 11 is 0. The molecule has 0 aliphatic rings. The van der Waals surface area contributed by atoms with E-state index in [1.807, 2.05) is 35.2 Å². The number of H-pyrrole nitrogens is 1. The number of nitrogens with one attached hydrogen (secondary N) is 1. The summed E-state index contributed by atoms with van der Waals surface area (Å²) in [6.45, 7) is 0.740. The van der Waals surface area contributed by atoms with Crippen LogP contribution in [0.4, 0.5) is 0 Å². The average molecular weight is 264 g/mol. The first-order valence-corrected chi connectivity index (χ1v) is 6.33. The van der Waals surface area contributed by atoms with E-state index in [9.17, 15) is 0 Å². The van der Waals surface area contributed by atoms with Gasteiger partial charge < -0.3 is 9.55 Å². The second kappa shape index (κ2) is 4.34. The van der Waals surface area contributed by atoms with Crippen molar-refractivity contribution in [3.05, 3.63) is 61.1 Å². The molecule has 1 N–H and O–H groups in total. The summed E-state index contributed by atoms with van der Waals surface area (Å²) in [5.41, 5.74) is 3.22. The van der Waals surface area contributed by atoms with Crippen LogP contribution in [0.3, 0.4) is 0 Å². The van der Waals surface area contributed by atoms with Gasteiger partial charge in [0, 0.05) is 24.8 Å². The first kappa shape index (κ1) is 11.0. The molecule has 0 aliphatic heterocycles. The number of imidazole rings is 2. The monoisotopic (exact) mass is 264 g/mol. The molecule has 0 unspecified atom stereocenters. The molecular weight excluding hydrogens is 252 g/mol. The third kappa shape index (κ3) is 1.70. The van der Waals surface area contributed by atoms with Crippen LogP contribution in [0.2, 0.25) is 0 Å². The molecule has 4 rings (SSSR count). The van der Waals surface area contributed by atoms with Crippen LogP contribution in [0.1, 0.15) is 5.56 Å². The lowest BCUT2D eigenvalue weighted by Crippen LogP contribution is -2.03. The minimum atomic E-state index is 0.740. The molecule has 4 aromatic rings. The SMILES string of the molecule is c1cc(Cn2ccnc2-c2cnc[nH]2)c2ccnn2c1. The molecule has 0 aliphatic carbocycles. The average Bonchev–Trinajstić information content (AvgIpc) is 3.20. The highest BCUT2D eigenvalue weighted by molar-refractivity contribution is 5.55. The van der Waals surface area contributed by atoms with E-state index in [-0.39, 0.29) is 0 Å². The minimum Gasteiger partial charge on any atom is -0.342 e. The second-order valence-electron chi connectivity index (χ2n) is 4.54. The molecule has 0 amide bonds. The standard InChI is InChI=1S/C14H12N6/c1-2-11(13-3-4-18-20(13)6-1)9-19-7-5-16-14(19)12-8-15-10-17-12/h1-8,10H,9H2,(H,15,17). The predicted octanol–water partition coefficient (Wildman–Crippen LogP) is 1.97. The summed E-state index contributed by atoms with van der Waals surface area (Å²) in [5, 5.41) is 4.26. The van der Waals surface area contributed by atoms with Gasteiger partial charge in [-0.05, 0) is 17.7 Å². The van der Waals surface area contributed by atoms with Gasteiger partial charge in [-0.25, -0.2) is 14.5 Å². The van der Waals surface area contributed by atoms with Gasteiger partial charge in [0.15, 0.2) is 5.82 Å². The number of aromatic nitrogens is 6. The fraction of sp³-hybridized carbons (Fsp3) is 0.0714. The van der Waals surface area contributed by atoms with E-state index in [0.29, 0.717) is 0 Å². The highest BCUT2D eigenvalue weighted by Crippen LogP contribution is 2.17. The Bertz CT molecular complexity index is 839. The molecule has 4 heterocycles. The summed E-state index contributed by atoms with van der Waals surface area (Å²) in [6.07, 6.45) is 11.0. The quantitative estimate of drug-likeness (QED) is 0.615. The molecule has 6 nitrogen and oxygen atoms in total. The molecule has 4 aromatic heterocycles. The molecule has 20 heavy (non-hydrogen) atoms. The Morgan fingerprint density at radius 1 is 1.15 bits per heavy atom. The van der Waals surface area contributed by atoms with Gasteiger partial charge in [0.2, 0.25) is 0 Å². The van der Waals surface area contributed by atoms with Gasteiger partial charge >= 0.3 is 0 Å². The number of hydrogen-bond acceptors (Lipinski definition) is 3. The van der Waals surface area contributed by atoms with Gasteiger partial charge in [0.25, 0.3) is 0 Å². The lowest BCUT2D eigenvalue weighted by Gasteiger charge is -2.08. The lowest BCUT2D eigenvalue weighted by molar-refractivity contribution is 0.801. The van der Waals surface area contributed by atoms with E-state index in [4.69, 9.17) is 0 Å². The first-order chi connectivity index (χ1) is 9.92. The largest absolute Gasteiger partial charge is 0.342 e. The zero-order chi connectivity index (χ0) is 13.4. The Balaban J connectivity index is 1.77. The highest BCUT2D eigenvalue weighted by Gasteiger charge is 2.09. The van der Waals surface area contributed by atoms with Crippen LogP contribution in [0.25, 0.3) is 17.0 Å². The first-order valence-electron chi connectivity index (χ1n) is 6.33. The van der Waals surface area contributed by atoms with Crippen LogP contribution in [0, 0.1) is 0 Å². The maximum Gasteiger partial charge on any atom is 0.158 e. The second-order valence-corrected chi connectivity index (χ2v) is 4.54. The third-order valence-electron chi connectivity index (χ3n) is 3.32. The van der Waals surface area contributed by atoms with Gasteiger partial charge in [-0.1, -0.05) is 6.07 Å². The number of rotatable bonds is 3. The van der Waals surface area contributed by atoms with Crippen molar-refractivity contribution in [2.75, 3.05) is 0 Å². The van der Waals surface area contributed by atoms with Gasteiger partial charge in [-0.2, -0.15) is 5.10 Å². The number of fused-ring (bicyclic) bond motifs is 1. The lowest BCUT2D eigenvalue weighted by atomic mass is 10.2. The van der Waals surface area contributed by atoms with Crippen molar-refractivity contribution < 1.29 is 0 Å². The van der Waals surface area contributed by atoms with Crippen LogP contribution in [-0.4, -0.2) is 29.1 Å². The summed E-state index contributed by atoms with van der Waals surface area (Å²) in [6, 6.07) is 6.12. The molecule has 0 atom stereocenters. The molecule has 0 spiro atoms. The zero-order valence-corrected chi connectivity index (χ0v) is 10.6. The van der Waals surface area contributed by atoms with E-state index in [0.717, 1.165) is 23.6 Å². The van der Waals surface area contributed by atoms with E-state index in [1.165, 1.54) is 5.56 Å². The van der Waals surface area contributed by atoms with E-state index in [2.05, 4.69) is 30.7 Å². The van der Waals surface area contributed by atoms with Crippen LogP contribution >= 0.6 is 0 Å². The normalized spacial score (nSPS) is 11.2. The molecule has 0 bridgehead atoms. The predicted molar refractivity (Wildman–Crippen MR) is 74.1 cm³/mol. The van der Waals surface area contributed by atoms with Crippen LogP contribution in [-0.2, 0) is 6.54 Å². The van der Waals surface area contributed by atoms with Crippen LogP contribution in [0.5, 0.6) is 0 Å². The molecule has 98 valence electrons. The summed E-state index contributed by atoms with van der Waals surface area (Å²) in [4.78, 5) is 11.5. The highest BCUT2D eigenvalue weighted by atomic mass is 15.2. The number of hydrogen-bond donors (Lipinski definition) is 1. The van der Waals surface area contributed by atoms with Gasteiger partial charge in [0.1, 0.15) is 5.69 Å². The van der Waals surface area contributed by atoms with Gasteiger partial charge in [-0.15, -0.1) is 0 Å².